The zero-order valence-electron chi connectivity index (χ0n) is 16.1. The molecule has 2 aromatic carbocycles. The average Bonchev–Trinajstić information content (AvgIpc) is 3.10. The molecule has 1 atom stereocenters. The van der Waals surface area contributed by atoms with Gasteiger partial charge in [0.25, 0.3) is 0 Å². The van der Waals surface area contributed by atoms with Crippen LogP contribution in [0, 0.1) is 22.7 Å². The minimum Gasteiger partial charge on any atom is -0.348 e. The number of carbonyl (C=O) groups excluding carboxylic acids is 1. The molecule has 0 unspecified atom stereocenters. The van der Waals surface area contributed by atoms with Crippen LogP contribution < -0.4 is 5.32 Å². The van der Waals surface area contributed by atoms with Crippen LogP contribution in [0.15, 0.2) is 48.8 Å². The van der Waals surface area contributed by atoms with E-state index in [2.05, 4.69) is 22.4 Å². The predicted octanol–water partition coefficient (Wildman–Crippen LogP) is 3.59. The van der Waals surface area contributed by atoms with Crippen LogP contribution in [0.5, 0.6) is 0 Å². The molecule has 6 heteroatoms. The van der Waals surface area contributed by atoms with E-state index in [1.807, 2.05) is 51.1 Å². The number of aromatic nitrogens is 2. The number of fused-ring (bicyclic) bond motifs is 1. The van der Waals surface area contributed by atoms with E-state index in [1.54, 1.807) is 23.0 Å². The minimum absolute atomic E-state index is 0.0824. The summed E-state index contributed by atoms with van der Waals surface area (Å²) in [5.74, 6) is -0.166. The molecule has 0 fully saturated rings. The van der Waals surface area contributed by atoms with Crippen molar-refractivity contribution in [1.29, 1.82) is 10.5 Å². The van der Waals surface area contributed by atoms with Gasteiger partial charge in [0.1, 0.15) is 12.6 Å². The highest BCUT2D eigenvalue weighted by Gasteiger charge is 2.20. The Kier molecular flexibility index (Phi) is 5.15. The highest BCUT2D eigenvalue weighted by Crippen LogP contribution is 2.24. The number of nitriles is 2. The lowest BCUT2D eigenvalue weighted by atomic mass is 9.85. The first kappa shape index (κ1) is 19.1. The quantitative estimate of drug-likeness (QED) is 0.741. The van der Waals surface area contributed by atoms with Crippen LogP contribution in [0.1, 0.15) is 43.5 Å². The second-order valence-electron chi connectivity index (χ2n) is 7.31. The van der Waals surface area contributed by atoms with Crippen LogP contribution in [-0.4, -0.2) is 15.5 Å². The van der Waals surface area contributed by atoms with E-state index >= 15 is 0 Å². The third-order valence-corrected chi connectivity index (χ3v) is 4.86. The fraction of sp³-hybridized carbons (Fsp3) is 0.273. The Labute approximate surface area is 164 Å². The number of amides is 1. The molecule has 28 heavy (non-hydrogen) atoms. The summed E-state index contributed by atoms with van der Waals surface area (Å²) in [6.45, 7) is 5.74. The van der Waals surface area contributed by atoms with Gasteiger partial charge in [0, 0.05) is 0 Å². The summed E-state index contributed by atoms with van der Waals surface area (Å²) in [5.41, 5.74) is 3.19. The van der Waals surface area contributed by atoms with Gasteiger partial charge in [-0.15, -0.1) is 0 Å². The van der Waals surface area contributed by atoms with Gasteiger partial charge < -0.3 is 9.88 Å². The van der Waals surface area contributed by atoms with Crippen molar-refractivity contribution in [1.82, 2.24) is 14.9 Å². The first-order valence-corrected chi connectivity index (χ1v) is 9.00. The number of nitrogens with zero attached hydrogens (tertiary/aromatic N) is 4. The fourth-order valence-corrected chi connectivity index (χ4v) is 3.12. The van der Waals surface area contributed by atoms with Gasteiger partial charge in [-0.1, -0.05) is 30.3 Å². The van der Waals surface area contributed by atoms with E-state index in [9.17, 15) is 15.3 Å². The molecule has 0 radical (unpaired) electrons. The van der Waals surface area contributed by atoms with Gasteiger partial charge in [-0.25, -0.2) is 4.98 Å². The Balaban J connectivity index is 1.72. The molecule has 0 aliphatic rings. The molecule has 3 rings (SSSR count). The number of hydrogen-bond acceptors (Lipinski definition) is 4. The van der Waals surface area contributed by atoms with Crippen molar-refractivity contribution in [2.24, 2.45) is 0 Å². The summed E-state index contributed by atoms with van der Waals surface area (Å²) in [7, 11) is 0. The van der Waals surface area contributed by atoms with E-state index < -0.39 is 5.41 Å². The Morgan fingerprint density at radius 3 is 2.57 bits per heavy atom. The highest BCUT2D eigenvalue weighted by atomic mass is 16.2. The summed E-state index contributed by atoms with van der Waals surface area (Å²) >= 11 is 0. The van der Waals surface area contributed by atoms with Crippen molar-refractivity contribution in [2.75, 3.05) is 0 Å². The monoisotopic (exact) mass is 371 g/mol. The first-order valence-electron chi connectivity index (χ1n) is 9.00. The molecule has 1 aromatic heterocycles. The Hall–Kier alpha value is -3.64. The molecule has 0 saturated carbocycles. The number of hydrogen-bond donors (Lipinski definition) is 1. The van der Waals surface area contributed by atoms with Crippen LogP contribution in [0.2, 0.25) is 0 Å². The number of para-hydroxylation sites is 1. The van der Waals surface area contributed by atoms with E-state index in [0.29, 0.717) is 16.6 Å². The third kappa shape index (κ3) is 3.72. The van der Waals surface area contributed by atoms with Gasteiger partial charge in [0.15, 0.2) is 0 Å². The lowest BCUT2D eigenvalue weighted by Crippen LogP contribution is -2.30. The molecule has 1 heterocycles. The lowest BCUT2D eigenvalue weighted by molar-refractivity contribution is -0.122. The van der Waals surface area contributed by atoms with Gasteiger partial charge in [0.2, 0.25) is 5.91 Å². The van der Waals surface area contributed by atoms with Crippen molar-refractivity contribution in [3.8, 4) is 12.1 Å². The standard InChI is InChI=1S/C22H21N5O/c1-15(16-7-9-18(10-8-16)22(2,3)13-24)26-20(28)12-27-14-25-19-6-4-5-17(11-23)21(19)27/h4-10,14-15H,12H2,1-3H3,(H,26,28)/t15-/m1/s1. The maximum atomic E-state index is 12.5. The number of carbonyl (C=O) groups is 1. The van der Waals surface area contributed by atoms with E-state index in [0.717, 1.165) is 11.1 Å². The topological polar surface area (TPSA) is 94.5 Å². The smallest absolute Gasteiger partial charge is 0.240 e. The Morgan fingerprint density at radius 1 is 1.21 bits per heavy atom. The van der Waals surface area contributed by atoms with Crippen molar-refractivity contribution in [3.63, 3.8) is 0 Å². The van der Waals surface area contributed by atoms with Crippen LogP contribution in [-0.2, 0) is 16.8 Å². The van der Waals surface area contributed by atoms with Crippen molar-refractivity contribution < 1.29 is 4.79 Å². The zero-order chi connectivity index (χ0) is 20.3. The molecule has 0 aliphatic carbocycles. The first-order chi connectivity index (χ1) is 13.4. The van der Waals surface area contributed by atoms with Crippen LogP contribution >= 0.6 is 0 Å². The van der Waals surface area contributed by atoms with Crippen LogP contribution in [0.3, 0.4) is 0 Å². The second-order valence-corrected chi connectivity index (χ2v) is 7.31. The second kappa shape index (κ2) is 7.54. The van der Waals surface area contributed by atoms with Crippen molar-refractivity contribution >= 4 is 16.9 Å². The third-order valence-electron chi connectivity index (χ3n) is 4.86. The van der Waals surface area contributed by atoms with Crippen molar-refractivity contribution in [2.45, 2.75) is 38.8 Å². The molecular weight excluding hydrogens is 350 g/mol. The van der Waals surface area contributed by atoms with Crippen molar-refractivity contribution in [3.05, 3.63) is 65.5 Å². The zero-order valence-corrected chi connectivity index (χ0v) is 16.1. The summed E-state index contributed by atoms with van der Waals surface area (Å²) in [4.78, 5) is 16.8. The molecular formula is C22H21N5O. The molecule has 0 aliphatic heterocycles. The number of imidazole rings is 1. The number of benzene rings is 2. The SMILES string of the molecule is C[C@@H](NC(=O)Cn1cnc2cccc(C#N)c21)c1ccc(C(C)(C)C#N)cc1. The molecule has 140 valence electrons. The molecule has 0 saturated heterocycles. The Morgan fingerprint density at radius 2 is 1.93 bits per heavy atom. The summed E-state index contributed by atoms with van der Waals surface area (Å²) < 4.78 is 1.69. The van der Waals surface area contributed by atoms with Gasteiger partial charge in [0.05, 0.1) is 40.5 Å². The molecule has 1 amide bonds. The molecule has 1 N–H and O–H groups in total. The highest BCUT2D eigenvalue weighted by molar-refractivity contribution is 5.84. The minimum atomic E-state index is -0.550. The maximum Gasteiger partial charge on any atom is 0.240 e. The number of rotatable bonds is 5. The average molecular weight is 371 g/mol. The summed E-state index contributed by atoms with van der Waals surface area (Å²) in [6.07, 6.45) is 1.58. The molecule has 0 spiro atoms. The van der Waals surface area contributed by atoms with Gasteiger partial charge >= 0.3 is 0 Å². The summed E-state index contributed by atoms with van der Waals surface area (Å²) in [6, 6.07) is 17.3. The summed E-state index contributed by atoms with van der Waals surface area (Å²) in [5, 5.41) is 21.5. The van der Waals surface area contributed by atoms with Gasteiger partial charge in [-0.2, -0.15) is 10.5 Å². The van der Waals surface area contributed by atoms with Gasteiger partial charge in [-0.3, -0.25) is 4.79 Å². The fourth-order valence-electron chi connectivity index (χ4n) is 3.12. The lowest BCUT2D eigenvalue weighted by Gasteiger charge is -2.19. The molecule has 0 bridgehead atoms. The van der Waals surface area contributed by atoms with Crippen LogP contribution in [0.25, 0.3) is 11.0 Å². The van der Waals surface area contributed by atoms with E-state index in [4.69, 9.17) is 0 Å². The van der Waals surface area contributed by atoms with Crippen LogP contribution in [0.4, 0.5) is 0 Å². The molecule has 6 nitrogen and oxygen atoms in total. The number of nitrogens with one attached hydrogen (secondary N) is 1. The van der Waals surface area contributed by atoms with E-state index in [1.165, 1.54) is 0 Å². The van der Waals surface area contributed by atoms with Gasteiger partial charge in [-0.05, 0) is 44.0 Å². The normalized spacial score (nSPS) is 12.2. The predicted molar refractivity (Wildman–Crippen MR) is 106 cm³/mol. The van der Waals surface area contributed by atoms with E-state index in [-0.39, 0.29) is 18.5 Å². The maximum absolute atomic E-state index is 12.5. The largest absolute Gasteiger partial charge is 0.348 e. The Bertz CT molecular complexity index is 1100. The molecule has 3 aromatic rings.